The normalized spacial score (nSPS) is 11.5. The zero-order valence-corrected chi connectivity index (χ0v) is 8.77. The molecule has 0 unspecified atom stereocenters. The SMILES string of the molecule is CCCS(=O)(=O)c1cnccc1Cl. The fraction of sp³-hybridized carbons (Fsp3) is 0.375. The molecule has 0 saturated heterocycles. The molecule has 1 aromatic rings. The van der Waals surface area contributed by atoms with Crippen LogP contribution in [0.2, 0.25) is 5.02 Å². The molecule has 0 saturated carbocycles. The summed E-state index contributed by atoms with van der Waals surface area (Å²) >= 11 is 5.73. The molecule has 3 nitrogen and oxygen atoms in total. The molecule has 0 amide bonds. The van der Waals surface area contributed by atoms with Crippen LogP contribution in [-0.4, -0.2) is 19.2 Å². The molecule has 1 aromatic heterocycles. The van der Waals surface area contributed by atoms with Crippen molar-refractivity contribution < 1.29 is 8.42 Å². The highest BCUT2D eigenvalue weighted by molar-refractivity contribution is 7.91. The van der Waals surface area contributed by atoms with Crippen molar-refractivity contribution in [3.63, 3.8) is 0 Å². The third-order valence-electron chi connectivity index (χ3n) is 1.54. The Kier molecular flexibility index (Phi) is 3.27. The van der Waals surface area contributed by atoms with E-state index < -0.39 is 9.84 Å². The van der Waals surface area contributed by atoms with Crippen molar-refractivity contribution in [2.75, 3.05) is 5.75 Å². The van der Waals surface area contributed by atoms with Crippen molar-refractivity contribution in [3.8, 4) is 0 Å². The summed E-state index contributed by atoms with van der Waals surface area (Å²) in [7, 11) is -3.24. The third-order valence-corrected chi connectivity index (χ3v) is 3.92. The Morgan fingerprint density at radius 1 is 1.54 bits per heavy atom. The summed E-state index contributed by atoms with van der Waals surface area (Å²) in [6.07, 6.45) is 3.33. The van der Waals surface area contributed by atoms with Crippen LogP contribution in [0.5, 0.6) is 0 Å². The highest BCUT2D eigenvalue weighted by Gasteiger charge is 2.16. The van der Waals surface area contributed by atoms with Crippen LogP contribution in [0.1, 0.15) is 13.3 Å². The maximum atomic E-state index is 11.5. The molecule has 5 heteroatoms. The van der Waals surface area contributed by atoms with Crippen molar-refractivity contribution in [2.24, 2.45) is 0 Å². The minimum Gasteiger partial charge on any atom is -0.263 e. The van der Waals surface area contributed by atoms with Gasteiger partial charge in [-0.3, -0.25) is 4.98 Å². The Labute approximate surface area is 82.7 Å². The molecule has 0 radical (unpaired) electrons. The summed E-state index contributed by atoms with van der Waals surface area (Å²) in [5.74, 6) is 0.110. The van der Waals surface area contributed by atoms with Gasteiger partial charge in [-0.05, 0) is 12.5 Å². The van der Waals surface area contributed by atoms with Crippen LogP contribution in [0.15, 0.2) is 23.4 Å². The summed E-state index contributed by atoms with van der Waals surface area (Å²) in [4.78, 5) is 3.85. The van der Waals surface area contributed by atoms with Gasteiger partial charge in [0.1, 0.15) is 4.90 Å². The Bertz CT molecular complexity index is 389. The maximum Gasteiger partial charge on any atom is 0.181 e. The molecule has 0 N–H and O–H groups in total. The number of aromatic nitrogens is 1. The number of sulfone groups is 1. The zero-order valence-electron chi connectivity index (χ0n) is 7.20. The first kappa shape index (κ1) is 10.5. The smallest absolute Gasteiger partial charge is 0.181 e. The molecule has 1 heterocycles. The van der Waals surface area contributed by atoms with E-state index in [1.54, 1.807) is 0 Å². The number of halogens is 1. The highest BCUT2D eigenvalue weighted by atomic mass is 35.5. The Hall–Kier alpha value is -0.610. The van der Waals surface area contributed by atoms with E-state index in [1.807, 2.05) is 6.92 Å². The van der Waals surface area contributed by atoms with Crippen LogP contribution in [0.3, 0.4) is 0 Å². The van der Waals surface area contributed by atoms with Crippen molar-refractivity contribution in [1.29, 1.82) is 0 Å². The molecule has 13 heavy (non-hydrogen) atoms. The van der Waals surface area contributed by atoms with Crippen molar-refractivity contribution >= 4 is 21.4 Å². The van der Waals surface area contributed by atoms with E-state index in [-0.39, 0.29) is 15.7 Å². The minimum atomic E-state index is -3.24. The van der Waals surface area contributed by atoms with Gasteiger partial charge >= 0.3 is 0 Å². The first-order chi connectivity index (χ1) is 6.08. The fourth-order valence-corrected chi connectivity index (χ4v) is 2.77. The molecule has 0 fully saturated rings. The zero-order chi connectivity index (χ0) is 9.90. The molecule has 0 aliphatic carbocycles. The standard InChI is InChI=1S/C8H10ClNO2S/c1-2-5-13(11,12)8-6-10-4-3-7(8)9/h3-4,6H,2,5H2,1H3. The first-order valence-electron chi connectivity index (χ1n) is 3.90. The van der Waals surface area contributed by atoms with Gasteiger partial charge in [-0.2, -0.15) is 0 Å². The first-order valence-corrected chi connectivity index (χ1v) is 5.93. The lowest BCUT2D eigenvalue weighted by Gasteiger charge is -2.03. The lowest BCUT2D eigenvalue weighted by molar-refractivity contribution is 0.594. The van der Waals surface area contributed by atoms with Gasteiger partial charge in [0.2, 0.25) is 0 Å². The summed E-state index contributed by atoms with van der Waals surface area (Å²) < 4.78 is 23.1. The highest BCUT2D eigenvalue weighted by Crippen LogP contribution is 2.20. The fourth-order valence-electron chi connectivity index (χ4n) is 0.971. The van der Waals surface area contributed by atoms with Gasteiger partial charge in [-0.15, -0.1) is 0 Å². The van der Waals surface area contributed by atoms with E-state index >= 15 is 0 Å². The van der Waals surface area contributed by atoms with E-state index in [1.165, 1.54) is 18.5 Å². The van der Waals surface area contributed by atoms with Crippen LogP contribution < -0.4 is 0 Å². The minimum absolute atomic E-state index is 0.110. The van der Waals surface area contributed by atoms with E-state index in [4.69, 9.17) is 11.6 Å². The maximum absolute atomic E-state index is 11.5. The Morgan fingerprint density at radius 3 is 2.77 bits per heavy atom. The predicted molar refractivity (Wildman–Crippen MR) is 51.6 cm³/mol. The topological polar surface area (TPSA) is 47.0 Å². The largest absolute Gasteiger partial charge is 0.263 e. The van der Waals surface area contributed by atoms with Gasteiger partial charge < -0.3 is 0 Å². The second-order valence-electron chi connectivity index (χ2n) is 2.62. The van der Waals surface area contributed by atoms with Gasteiger partial charge in [0.05, 0.1) is 10.8 Å². The van der Waals surface area contributed by atoms with Crippen molar-refractivity contribution in [3.05, 3.63) is 23.5 Å². The summed E-state index contributed by atoms with van der Waals surface area (Å²) in [5.41, 5.74) is 0. The third kappa shape index (κ3) is 2.42. The van der Waals surface area contributed by atoms with E-state index in [2.05, 4.69) is 4.98 Å². The van der Waals surface area contributed by atoms with Crippen molar-refractivity contribution in [1.82, 2.24) is 4.98 Å². The average molecular weight is 220 g/mol. The molecular formula is C8H10ClNO2S. The molecule has 0 aliphatic heterocycles. The quantitative estimate of drug-likeness (QED) is 0.781. The summed E-state index contributed by atoms with van der Waals surface area (Å²) in [6, 6.07) is 1.48. The van der Waals surface area contributed by atoms with Gasteiger partial charge in [0, 0.05) is 12.4 Å². The van der Waals surface area contributed by atoms with Crippen LogP contribution in [0, 0.1) is 0 Å². The van der Waals surface area contributed by atoms with Crippen LogP contribution >= 0.6 is 11.6 Å². The van der Waals surface area contributed by atoms with Gasteiger partial charge in [-0.1, -0.05) is 18.5 Å². The molecule has 0 aromatic carbocycles. The van der Waals surface area contributed by atoms with Crippen LogP contribution in [-0.2, 0) is 9.84 Å². The van der Waals surface area contributed by atoms with E-state index in [0.29, 0.717) is 6.42 Å². The second-order valence-corrected chi connectivity index (χ2v) is 5.11. The van der Waals surface area contributed by atoms with Gasteiger partial charge in [0.15, 0.2) is 9.84 Å². The molecule has 0 spiro atoms. The van der Waals surface area contributed by atoms with E-state index in [9.17, 15) is 8.42 Å². The predicted octanol–water partition coefficient (Wildman–Crippen LogP) is 1.92. The van der Waals surface area contributed by atoms with Gasteiger partial charge in [0.25, 0.3) is 0 Å². The Balaban J connectivity index is 3.15. The number of hydrogen-bond donors (Lipinski definition) is 0. The monoisotopic (exact) mass is 219 g/mol. The molecule has 0 atom stereocenters. The second kappa shape index (κ2) is 4.07. The molecule has 1 rings (SSSR count). The molecule has 0 bridgehead atoms. The average Bonchev–Trinajstić information content (AvgIpc) is 2.04. The molecular weight excluding hydrogens is 210 g/mol. The summed E-state index contributed by atoms with van der Waals surface area (Å²) in [5, 5.41) is 0.239. The number of rotatable bonds is 3. The number of hydrogen-bond acceptors (Lipinski definition) is 3. The summed E-state index contributed by atoms with van der Waals surface area (Å²) in [6.45, 7) is 1.81. The van der Waals surface area contributed by atoms with E-state index in [0.717, 1.165) is 0 Å². The van der Waals surface area contributed by atoms with Crippen LogP contribution in [0.4, 0.5) is 0 Å². The molecule has 72 valence electrons. The lowest BCUT2D eigenvalue weighted by Crippen LogP contribution is -2.06. The van der Waals surface area contributed by atoms with Crippen molar-refractivity contribution in [2.45, 2.75) is 18.2 Å². The lowest BCUT2D eigenvalue weighted by atomic mass is 10.5. The van der Waals surface area contributed by atoms with Gasteiger partial charge in [-0.25, -0.2) is 8.42 Å². The number of nitrogens with zero attached hydrogens (tertiary/aromatic N) is 1. The molecule has 0 aliphatic rings. The number of pyridine rings is 1. The van der Waals surface area contributed by atoms with Crippen LogP contribution in [0.25, 0.3) is 0 Å². The Morgan fingerprint density at radius 2 is 2.23 bits per heavy atom.